The summed E-state index contributed by atoms with van der Waals surface area (Å²) < 4.78 is 6.86. The number of fused-ring (bicyclic) bond motifs is 1. The summed E-state index contributed by atoms with van der Waals surface area (Å²) in [6, 6.07) is 5.35. The summed E-state index contributed by atoms with van der Waals surface area (Å²) in [4.78, 5) is 28.3. The van der Waals surface area contributed by atoms with E-state index in [1.165, 1.54) is 28.9 Å². The zero-order chi connectivity index (χ0) is 20.4. The van der Waals surface area contributed by atoms with E-state index < -0.39 is 5.97 Å². The van der Waals surface area contributed by atoms with Gasteiger partial charge >= 0.3 is 12.0 Å². The third-order valence-electron chi connectivity index (χ3n) is 4.88. The number of methoxy groups -OCH3 is 1. The molecule has 3 aromatic rings. The minimum atomic E-state index is -0.457. The van der Waals surface area contributed by atoms with E-state index in [1.807, 2.05) is 24.5 Å². The number of carbonyl (C=O) groups excluding carboxylic acids is 2. The van der Waals surface area contributed by atoms with E-state index in [9.17, 15) is 9.59 Å². The normalized spacial score (nSPS) is 13.7. The number of hydrogen-bond donors (Lipinski definition) is 2. The number of esters is 1. The Kier molecular flexibility index (Phi) is 5.70. The van der Waals surface area contributed by atoms with Crippen LogP contribution >= 0.6 is 22.7 Å². The number of aromatic nitrogens is 1. The van der Waals surface area contributed by atoms with Crippen molar-refractivity contribution in [3.8, 4) is 5.00 Å². The molecule has 3 aromatic heterocycles. The van der Waals surface area contributed by atoms with Crippen molar-refractivity contribution in [3.63, 3.8) is 0 Å². The lowest BCUT2D eigenvalue weighted by atomic mass is 10.0. The number of ether oxygens (including phenoxy) is 1. The molecule has 0 bridgehead atoms. The molecular weight excluding hydrogens is 408 g/mol. The molecule has 4 heterocycles. The van der Waals surface area contributed by atoms with Crippen molar-refractivity contribution < 1.29 is 14.3 Å². The van der Waals surface area contributed by atoms with Crippen molar-refractivity contribution in [2.24, 2.45) is 0 Å². The van der Waals surface area contributed by atoms with Crippen LogP contribution in [-0.2, 0) is 24.2 Å². The Balaban J connectivity index is 1.52. The van der Waals surface area contributed by atoms with Gasteiger partial charge in [-0.1, -0.05) is 0 Å². The van der Waals surface area contributed by atoms with E-state index >= 15 is 0 Å². The Morgan fingerprint density at radius 2 is 2.07 bits per heavy atom. The van der Waals surface area contributed by atoms with Crippen LogP contribution in [0.1, 0.15) is 25.7 Å². The molecule has 0 fully saturated rings. The molecule has 4 rings (SSSR count). The molecule has 2 amide bonds. The van der Waals surface area contributed by atoms with Gasteiger partial charge in [-0.25, -0.2) is 9.59 Å². The molecule has 0 aliphatic carbocycles. The summed E-state index contributed by atoms with van der Waals surface area (Å²) in [5.41, 5.74) is 2.95. The van der Waals surface area contributed by atoms with Gasteiger partial charge < -0.3 is 24.8 Å². The van der Waals surface area contributed by atoms with Gasteiger partial charge in [0.2, 0.25) is 0 Å². The second kappa shape index (κ2) is 8.40. The zero-order valence-electron chi connectivity index (χ0n) is 16.2. The van der Waals surface area contributed by atoms with Crippen LogP contribution in [-0.4, -0.2) is 42.2 Å². The molecule has 1 aliphatic rings. The van der Waals surface area contributed by atoms with E-state index in [-0.39, 0.29) is 6.03 Å². The van der Waals surface area contributed by atoms with Gasteiger partial charge in [-0.3, -0.25) is 0 Å². The Morgan fingerprint density at radius 3 is 2.83 bits per heavy atom. The molecule has 0 saturated heterocycles. The summed E-state index contributed by atoms with van der Waals surface area (Å²) >= 11 is 3.02. The monoisotopic (exact) mass is 430 g/mol. The first kappa shape index (κ1) is 19.7. The number of rotatable bonds is 5. The molecular formula is C20H22N4O3S2. The lowest BCUT2D eigenvalue weighted by molar-refractivity contribution is 0.0607. The highest BCUT2D eigenvalue weighted by molar-refractivity contribution is 7.15. The fourth-order valence-corrected chi connectivity index (χ4v) is 5.61. The number of nitrogens with zero attached hydrogens (tertiary/aromatic N) is 2. The number of amides is 2. The van der Waals surface area contributed by atoms with Crippen molar-refractivity contribution >= 4 is 40.4 Å². The first-order chi connectivity index (χ1) is 14.1. The van der Waals surface area contributed by atoms with Gasteiger partial charge in [-0.15, -0.1) is 22.7 Å². The second-order valence-corrected chi connectivity index (χ2v) is 8.83. The van der Waals surface area contributed by atoms with E-state index in [0.29, 0.717) is 17.1 Å². The van der Waals surface area contributed by atoms with Gasteiger partial charge in [0.05, 0.1) is 12.8 Å². The number of carbonyl (C=O) groups is 2. The van der Waals surface area contributed by atoms with Gasteiger partial charge in [0.25, 0.3) is 0 Å². The lowest BCUT2D eigenvalue weighted by Gasteiger charge is -2.22. The van der Waals surface area contributed by atoms with Gasteiger partial charge in [0, 0.05) is 42.5 Å². The lowest BCUT2D eigenvalue weighted by Crippen LogP contribution is -2.30. The summed E-state index contributed by atoms with van der Waals surface area (Å²) in [6.07, 6.45) is 5.02. The molecule has 0 unspecified atom stereocenters. The van der Waals surface area contributed by atoms with Crippen LogP contribution in [0.3, 0.4) is 0 Å². The smallest absolute Gasteiger partial charge is 0.350 e. The van der Waals surface area contributed by atoms with E-state index in [2.05, 4.69) is 27.1 Å². The van der Waals surface area contributed by atoms with Crippen molar-refractivity contribution in [3.05, 3.63) is 56.9 Å². The average molecular weight is 431 g/mol. The summed E-state index contributed by atoms with van der Waals surface area (Å²) in [5.74, 6) is -0.457. The standard InChI is InChI=1S/C20H22N4O3S2/c1-23-9-5-13-14(18(29-16(13)12-23)24-7-3-4-8-24)11-21-20(26)22-15-6-10-28-17(15)19(25)27-2/h3-4,6-8,10H,5,9,11-12H2,1-2H3,(H2,21,22,26). The second-order valence-electron chi connectivity index (χ2n) is 6.83. The Morgan fingerprint density at radius 1 is 1.28 bits per heavy atom. The van der Waals surface area contributed by atoms with Crippen LogP contribution in [0.4, 0.5) is 10.5 Å². The van der Waals surface area contributed by atoms with Crippen LogP contribution < -0.4 is 10.6 Å². The summed E-state index contributed by atoms with van der Waals surface area (Å²) in [6.45, 7) is 2.36. The third-order valence-corrected chi connectivity index (χ3v) is 7.05. The fraction of sp³-hybridized carbons (Fsp3) is 0.300. The van der Waals surface area contributed by atoms with Crippen molar-refractivity contribution in [1.29, 1.82) is 0 Å². The van der Waals surface area contributed by atoms with Crippen molar-refractivity contribution in [2.45, 2.75) is 19.5 Å². The molecule has 152 valence electrons. The SMILES string of the molecule is COC(=O)c1sccc1NC(=O)NCc1c(-n2cccc2)sc2c1CCN(C)C2. The van der Waals surface area contributed by atoms with Gasteiger partial charge in [0.15, 0.2) is 0 Å². The largest absolute Gasteiger partial charge is 0.465 e. The minimum absolute atomic E-state index is 0.347. The summed E-state index contributed by atoms with van der Waals surface area (Å²) in [5, 5.41) is 8.60. The Hall–Kier alpha value is -2.62. The molecule has 0 aromatic carbocycles. The first-order valence-corrected chi connectivity index (χ1v) is 10.9. The first-order valence-electron chi connectivity index (χ1n) is 9.22. The maximum Gasteiger partial charge on any atom is 0.350 e. The highest BCUT2D eigenvalue weighted by Gasteiger charge is 2.24. The maximum absolute atomic E-state index is 12.5. The highest BCUT2D eigenvalue weighted by Crippen LogP contribution is 2.35. The predicted octanol–water partition coefficient (Wildman–Crippen LogP) is 3.70. The molecule has 2 N–H and O–H groups in total. The molecule has 7 nitrogen and oxygen atoms in total. The van der Waals surface area contributed by atoms with Gasteiger partial charge in [-0.2, -0.15) is 0 Å². The molecule has 0 spiro atoms. The number of nitrogens with one attached hydrogen (secondary N) is 2. The molecule has 0 radical (unpaired) electrons. The fourth-order valence-electron chi connectivity index (χ4n) is 3.44. The van der Waals surface area contributed by atoms with E-state index in [1.54, 1.807) is 22.8 Å². The third kappa shape index (κ3) is 4.07. The Labute approximate surface area is 176 Å². The highest BCUT2D eigenvalue weighted by atomic mass is 32.1. The molecule has 9 heteroatoms. The zero-order valence-corrected chi connectivity index (χ0v) is 17.9. The topological polar surface area (TPSA) is 75.6 Å². The van der Waals surface area contributed by atoms with Crippen LogP contribution in [0, 0.1) is 0 Å². The molecule has 1 aliphatic heterocycles. The van der Waals surface area contributed by atoms with Crippen molar-refractivity contribution in [1.82, 2.24) is 14.8 Å². The number of urea groups is 1. The Bertz CT molecular complexity index is 1020. The van der Waals surface area contributed by atoms with Gasteiger partial charge in [-0.05, 0) is 42.6 Å². The van der Waals surface area contributed by atoms with Crippen LogP contribution in [0.2, 0.25) is 0 Å². The van der Waals surface area contributed by atoms with E-state index in [4.69, 9.17) is 4.74 Å². The predicted molar refractivity (Wildman–Crippen MR) is 115 cm³/mol. The molecule has 0 atom stereocenters. The van der Waals surface area contributed by atoms with Crippen LogP contribution in [0.15, 0.2) is 36.0 Å². The number of likely N-dealkylation sites (N-methyl/N-ethyl adjacent to an activating group) is 1. The number of hydrogen-bond acceptors (Lipinski definition) is 6. The maximum atomic E-state index is 12.5. The van der Waals surface area contributed by atoms with Crippen molar-refractivity contribution in [2.75, 3.05) is 26.0 Å². The summed E-state index contributed by atoms with van der Waals surface area (Å²) in [7, 11) is 3.45. The number of anilines is 1. The average Bonchev–Trinajstić information content (AvgIpc) is 3.45. The molecule has 0 saturated carbocycles. The van der Waals surface area contributed by atoms with Gasteiger partial charge in [0.1, 0.15) is 9.88 Å². The quantitative estimate of drug-likeness (QED) is 0.606. The number of thiophene rings is 2. The van der Waals surface area contributed by atoms with Crippen LogP contribution in [0.5, 0.6) is 0 Å². The molecule has 29 heavy (non-hydrogen) atoms. The van der Waals surface area contributed by atoms with Crippen LogP contribution in [0.25, 0.3) is 5.00 Å². The van der Waals surface area contributed by atoms with E-state index in [0.717, 1.165) is 30.1 Å². The minimum Gasteiger partial charge on any atom is -0.465 e.